The van der Waals surface area contributed by atoms with Crippen molar-refractivity contribution in [2.45, 2.75) is 48.4 Å². The second-order valence-electron chi connectivity index (χ2n) is 10.1. The van der Waals surface area contributed by atoms with Crippen molar-refractivity contribution in [1.29, 1.82) is 0 Å². The third kappa shape index (κ3) is 5.12. The van der Waals surface area contributed by atoms with Gasteiger partial charge < -0.3 is 15.4 Å². The molecule has 1 aromatic carbocycles. The van der Waals surface area contributed by atoms with Crippen LogP contribution in [0.1, 0.15) is 25.3 Å². The molecule has 0 amide bonds. The number of nitrogens with two attached hydrogens (primary N) is 1. The molecule has 9 nitrogen and oxygen atoms in total. The molecule has 0 radical (unpaired) electrons. The highest BCUT2D eigenvalue weighted by Crippen LogP contribution is 2.42. The number of hydrogen-bond donors (Lipinski definition) is 1. The number of pyridine rings is 1. The molecule has 2 saturated heterocycles. The lowest BCUT2D eigenvalue weighted by Crippen LogP contribution is -2.50. The van der Waals surface area contributed by atoms with E-state index in [0.29, 0.717) is 37.5 Å². The third-order valence-electron chi connectivity index (χ3n) is 7.80. The predicted molar refractivity (Wildman–Crippen MR) is 153 cm³/mol. The number of piperidine rings is 1. The molecule has 2 atom stereocenters. The average Bonchev–Trinajstić information content (AvgIpc) is 3.21. The summed E-state index contributed by atoms with van der Waals surface area (Å²) in [6.45, 7) is 4.83. The Labute approximate surface area is 239 Å². The Hall–Kier alpha value is -2.76. The van der Waals surface area contributed by atoms with Crippen LogP contribution < -0.4 is 16.2 Å². The summed E-state index contributed by atoms with van der Waals surface area (Å²) in [7, 11) is 0. The molecule has 202 valence electrons. The molecule has 0 aliphatic carbocycles. The highest BCUT2D eigenvalue weighted by Gasteiger charge is 2.47. The third-order valence-corrected chi connectivity index (χ3v) is 9.49. The molecule has 39 heavy (non-hydrogen) atoms. The Balaban J connectivity index is 1.18. The van der Waals surface area contributed by atoms with Crippen LogP contribution in [0.3, 0.4) is 0 Å². The van der Waals surface area contributed by atoms with Crippen molar-refractivity contribution in [2.75, 3.05) is 24.6 Å². The number of benzene rings is 1. The maximum Gasteiger partial charge on any atom is 0.263 e. The summed E-state index contributed by atoms with van der Waals surface area (Å²) in [6, 6.07) is 7.24. The van der Waals surface area contributed by atoms with Gasteiger partial charge in [-0.25, -0.2) is 19.9 Å². The van der Waals surface area contributed by atoms with E-state index in [1.54, 1.807) is 36.8 Å². The summed E-state index contributed by atoms with van der Waals surface area (Å²) in [5.74, 6) is 0.836. The first-order valence-electron chi connectivity index (χ1n) is 12.7. The highest BCUT2D eigenvalue weighted by atomic mass is 35.5. The smallest absolute Gasteiger partial charge is 0.263 e. The minimum Gasteiger partial charge on any atom is -0.376 e. The van der Waals surface area contributed by atoms with E-state index in [9.17, 15) is 4.79 Å². The lowest BCUT2D eigenvalue weighted by atomic mass is 9.73. The highest BCUT2D eigenvalue weighted by molar-refractivity contribution is 7.99. The fraction of sp³-hybridized carbons (Fsp3) is 0.370. The number of aromatic nitrogens is 5. The molecule has 0 bridgehead atoms. The number of hydrogen-bond acceptors (Lipinski definition) is 9. The van der Waals surface area contributed by atoms with Crippen LogP contribution in [0.5, 0.6) is 0 Å². The van der Waals surface area contributed by atoms with Crippen molar-refractivity contribution in [3.05, 3.63) is 75.3 Å². The summed E-state index contributed by atoms with van der Waals surface area (Å²) in [5.41, 5.74) is 7.66. The van der Waals surface area contributed by atoms with Crippen LogP contribution >= 0.6 is 35.0 Å². The Morgan fingerprint density at radius 1 is 1.13 bits per heavy atom. The minimum atomic E-state index is -0.230. The van der Waals surface area contributed by atoms with E-state index in [1.807, 2.05) is 6.07 Å². The maximum absolute atomic E-state index is 13.3. The number of anilines is 1. The van der Waals surface area contributed by atoms with Gasteiger partial charge in [-0.2, -0.15) is 0 Å². The first-order chi connectivity index (χ1) is 18.8. The van der Waals surface area contributed by atoms with E-state index >= 15 is 0 Å². The van der Waals surface area contributed by atoms with Crippen LogP contribution in [0.2, 0.25) is 10.2 Å². The van der Waals surface area contributed by atoms with E-state index in [2.05, 4.69) is 31.8 Å². The number of halogens is 2. The van der Waals surface area contributed by atoms with E-state index < -0.39 is 0 Å². The van der Waals surface area contributed by atoms with Crippen molar-refractivity contribution < 1.29 is 4.74 Å². The van der Waals surface area contributed by atoms with Crippen molar-refractivity contribution in [2.24, 2.45) is 11.1 Å². The zero-order chi connectivity index (χ0) is 27.1. The fourth-order valence-corrected chi connectivity index (χ4v) is 6.72. The normalized spacial score (nSPS) is 20.7. The van der Waals surface area contributed by atoms with Crippen LogP contribution in [0.25, 0.3) is 10.9 Å². The molecule has 0 saturated carbocycles. The van der Waals surface area contributed by atoms with Gasteiger partial charge in [0, 0.05) is 35.6 Å². The zero-order valence-electron chi connectivity index (χ0n) is 21.3. The Morgan fingerprint density at radius 3 is 2.64 bits per heavy atom. The molecule has 1 spiro atoms. The van der Waals surface area contributed by atoms with Crippen molar-refractivity contribution >= 4 is 51.7 Å². The summed E-state index contributed by atoms with van der Waals surface area (Å²) in [6.07, 6.45) is 8.71. The first kappa shape index (κ1) is 26.5. The number of rotatable bonds is 5. The van der Waals surface area contributed by atoms with Gasteiger partial charge in [-0.15, -0.1) is 0 Å². The standard InChI is InChI=1S/C27H27Cl2N7O2S/c1-16-25(30)27(14-38-16)5-8-35(9-6-27)21-11-33-22(12-32-21)39-19-3-2-18-23(24(19)29)26(37)36(15-34-18)13-17-4-7-31-20(28)10-17/h2-4,7,10-12,15-16,25H,5-6,8-9,13-14,30H2,1H3/t16-,25+/m0/s1. The largest absolute Gasteiger partial charge is 0.376 e. The molecule has 12 heteroatoms. The van der Waals surface area contributed by atoms with Gasteiger partial charge in [-0.1, -0.05) is 35.0 Å². The topological polar surface area (TPSA) is 112 Å². The average molecular weight is 585 g/mol. The molecule has 2 N–H and O–H groups in total. The zero-order valence-corrected chi connectivity index (χ0v) is 23.6. The first-order valence-corrected chi connectivity index (χ1v) is 14.3. The summed E-state index contributed by atoms with van der Waals surface area (Å²) < 4.78 is 7.35. The molecule has 3 aromatic heterocycles. The van der Waals surface area contributed by atoms with Gasteiger partial charge in [-0.3, -0.25) is 9.36 Å². The van der Waals surface area contributed by atoms with Crippen LogP contribution in [0.15, 0.2) is 63.9 Å². The molecule has 5 heterocycles. The second-order valence-corrected chi connectivity index (χ2v) is 12.0. The monoisotopic (exact) mass is 583 g/mol. The van der Waals surface area contributed by atoms with E-state index in [1.165, 1.54) is 22.7 Å². The predicted octanol–water partition coefficient (Wildman–Crippen LogP) is 4.42. The lowest BCUT2D eigenvalue weighted by molar-refractivity contribution is 0.0974. The van der Waals surface area contributed by atoms with Gasteiger partial charge in [-0.05, 0) is 49.6 Å². The summed E-state index contributed by atoms with van der Waals surface area (Å²) >= 11 is 14.1. The van der Waals surface area contributed by atoms with Crippen molar-refractivity contribution in [3.8, 4) is 0 Å². The molecule has 4 aromatic rings. The molecule has 6 rings (SSSR count). The SMILES string of the molecule is C[C@@H]1OCC2(CCN(c3cnc(Sc4ccc5ncn(Cc6ccnc(Cl)c6)c(=O)c5c4Cl)cn3)CC2)[C@@H]1N. The fourth-order valence-electron chi connectivity index (χ4n) is 5.41. The maximum atomic E-state index is 13.3. The lowest BCUT2D eigenvalue weighted by Gasteiger charge is -2.41. The van der Waals surface area contributed by atoms with Gasteiger partial charge in [0.1, 0.15) is 16.0 Å². The van der Waals surface area contributed by atoms with Crippen LogP contribution in [-0.2, 0) is 11.3 Å². The van der Waals surface area contributed by atoms with Gasteiger partial charge >= 0.3 is 0 Å². The minimum absolute atomic E-state index is 0.0603. The Bertz CT molecular complexity index is 1580. The van der Waals surface area contributed by atoms with Crippen LogP contribution in [0.4, 0.5) is 5.82 Å². The van der Waals surface area contributed by atoms with E-state index in [0.717, 1.165) is 43.9 Å². The van der Waals surface area contributed by atoms with Gasteiger partial charge in [0.05, 0.1) is 53.9 Å². The van der Waals surface area contributed by atoms with E-state index in [-0.39, 0.29) is 23.1 Å². The van der Waals surface area contributed by atoms with Gasteiger partial charge in [0.2, 0.25) is 0 Å². The molecule has 2 fully saturated rings. The van der Waals surface area contributed by atoms with Crippen molar-refractivity contribution in [3.63, 3.8) is 0 Å². The number of fused-ring (bicyclic) bond motifs is 1. The summed E-state index contributed by atoms with van der Waals surface area (Å²) in [5, 5.41) is 1.75. The van der Waals surface area contributed by atoms with Crippen LogP contribution in [0, 0.1) is 5.41 Å². The van der Waals surface area contributed by atoms with Crippen molar-refractivity contribution in [1.82, 2.24) is 24.5 Å². The molecular weight excluding hydrogens is 557 g/mol. The van der Waals surface area contributed by atoms with E-state index in [4.69, 9.17) is 33.7 Å². The Morgan fingerprint density at radius 2 is 1.95 bits per heavy atom. The molecular formula is C27H27Cl2N7O2S. The molecule has 0 unspecified atom stereocenters. The van der Waals surface area contributed by atoms with Gasteiger partial charge in [0.15, 0.2) is 0 Å². The van der Waals surface area contributed by atoms with Gasteiger partial charge in [0.25, 0.3) is 5.56 Å². The quantitative estimate of drug-likeness (QED) is 0.341. The summed E-state index contributed by atoms with van der Waals surface area (Å²) in [4.78, 5) is 34.0. The van der Waals surface area contributed by atoms with Crippen LogP contribution in [-0.4, -0.2) is 56.3 Å². The Kier molecular flexibility index (Phi) is 7.24. The number of nitrogens with zero attached hydrogens (tertiary/aromatic N) is 6. The number of ether oxygens (including phenoxy) is 1. The second kappa shape index (κ2) is 10.7. The molecule has 2 aliphatic rings. The molecule has 2 aliphatic heterocycles.